The van der Waals surface area contributed by atoms with Crippen LogP contribution in [0.15, 0.2) is 11.4 Å². The summed E-state index contributed by atoms with van der Waals surface area (Å²) in [6.07, 6.45) is -0.220. The smallest absolute Gasteiger partial charge is 0.410 e. The lowest BCUT2D eigenvalue weighted by atomic mass is 10.2. The first-order chi connectivity index (χ1) is 12.2. The SMILES string of the molecule is CC(C)(C)OC(=O)N1CCN(c2nc(CC(N)=O)c3ccsc3n2)CC1. The molecule has 3 heterocycles. The minimum absolute atomic E-state index is 0.0840. The molecule has 140 valence electrons. The van der Waals surface area contributed by atoms with Gasteiger partial charge in [-0.3, -0.25) is 4.79 Å². The van der Waals surface area contributed by atoms with Gasteiger partial charge in [0.2, 0.25) is 11.9 Å². The minimum atomic E-state index is -0.509. The van der Waals surface area contributed by atoms with Crippen molar-refractivity contribution in [3.8, 4) is 0 Å². The van der Waals surface area contributed by atoms with Crippen LogP contribution in [0.25, 0.3) is 10.2 Å². The Morgan fingerprint density at radius 3 is 2.54 bits per heavy atom. The molecule has 8 nitrogen and oxygen atoms in total. The molecule has 0 radical (unpaired) electrons. The summed E-state index contributed by atoms with van der Waals surface area (Å²) in [4.78, 5) is 37.2. The van der Waals surface area contributed by atoms with Gasteiger partial charge in [-0.25, -0.2) is 14.8 Å². The van der Waals surface area contributed by atoms with Crippen LogP contribution in [0.5, 0.6) is 0 Å². The van der Waals surface area contributed by atoms with E-state index in [1.165, 1.54) is 11.3 Å². The molecular weight excluding hydrogens is 354 g/mol. The van der Waals surface area contributed by atoms with Crippen LogP contribution >= 0.6 is 11.3 Å². The highest BCUT2D eigenvalue weighted by Gasteiger charge is 2.27. The zero-order chi connectivity index (χ0) is 18.9. The molecule has 0 aromatic carbocycles. The summed E-state index contributed by atoms with van der Waals surface area (Å²) in [6, 6.07) is 1.91. The topological polar surface area (TPSA) is 102 Å². The summed E-state index contributed by atoms with van der Waals surface area (Å²) in [5.74, 6) is 0.150. The van der Waals surface area contributed by atoms with Crippen molar-refractivity contribution in [3.63, 3.8) is 0 Å². The number of primary amides is 1. The summed E-state index contributed by atoms with van der Waals surface area (Å²) >= 11 is 1.50. The van der Waals surface area contributed by atoms with Crippen molar-refractivity contribution >= 4 is 39.5 Å². The summed E-state index contributed by atoms with van der Waals surface area (Å²) in [5, 5.41) is 2.79. The second kappa shape index (κ2) is 7.06. The van der Waals surface area contributed by atoms with Gasteiger partial charge in [0, 0.05) is 31.6 Å². The highest BCUT2D eigenvalue weighted by molar-refractivity contribution is 7.16. The van der Waals surface area contributed by atoms with Gasteiger partial charge in [0.15, 0.2) is 0 Å². The van der Waals surface area contributed by atoms with Gasteiger partial charge in [0.1, 0.15) is 10.4 Å². The normalized spacial score (nSPS) is 15.3. The van der Waals surface area contributed by atoms with Gasteiger partial charge in [0.25, 0.3) is 0 Å². The van der Waals surface area contributed by atoms with E-state index in [-0.39, 0.29) is 12.5 Å². The molecule has 26 heavy (non-hydrogen) atoms. The Labute approximate surface area is 155 Å². The highest BCUT2D eigenvalue weighted by atomic mass is 32.1. The number of nitrogens with zero attached hydrogens (tertiary/aromatic N) is 4. The van der Waals surface area contributed by atoms with E-state index in [9.17, 15) is 9.59 Å². The minimum Gasteiger partial charge on any atom is -0.444 e. The summed E-state index contributed by atoms with van der Waals surface area (Å²) in [6.45, 7) is 7.83. The molecule has 0 spiro atoms. The quantitative estimate of drug-likeness (QED) is 0.875. The Hall–Kier alpha value is -2.42. The molecule has 1 fully saturated rings. The Balaban J connectivity index is 1.73. The van der Waals surface area contributed by atoms with Gasteiger partial charge in [-0.15, -0.1) is 11.3 Å². The van der Waals surface area contributed by atoms with Crippen molar-refractivity contribution < 1.29 is 14.3 Å². The van der Waals surface area contributed by atoms with Gasteiger partial charge >= 0.3 is 6.09 Å². The molecule has 1 aliphatic heterocycles. The monoisotopic (exact) mass is 377 g/mol. The van der Waals surface area contributed by atoms with Crippen molar-refractivity contribution in [1.82, 2.24) is 14.9 Å². The maximum atomic E-state index is 12.2. The maximum Gasteiger partial charge on any atom is 0.410 e. The number of anilines is 1. The number of carbonyl (C=O) groups is 2. The van der Waals surface area contributed by atoms with Crippen LogP contribution in [0, 0.1) is 0 Å². The molecule has 2 amide bonds. The van der Waals surface area contributed by atoms with Crippen LogP contribution in [-0.4, -0.2) is 58.6 Å². The third kappa shape index (κ3) is 4.21. The van der Waals surface area contributed by atoms with Crippen molar-refractivity contribution in [1.29, 1.82) is 0 Å². The van der Waals surface area contributed by atoms with Crippen LogP contribution in [0.1, 0.15) is 26.5 Å². The molecule has 9 heteroatoms. The number of amides is 2. The molecule has 0 bridgehead atoms. The van der Waals surface area contributed by atoms with E-state index < -0.39 is 11.5 Å². The van der Waals surface area contributed by atoms with Gasteiger partial charge < -0.3 is 20.3 Å². The number of piperazine rings is 1. The first-order valence-electron chi connectivity index (χ1n) is 8.48. The highest BCUT2D eigenvalue weighted by Crippen LogP contribution is 2.25. The lowest BCUT2D eigenvalue weighted by Crippen LogP contribution is -2.50. The van der Waals surface area contributed by atoms with Gasteiger partial charge in [-0.05, 0) is 32.2 Å². The number of carbonyl (C=O) groups excluding carboxylic acids is 2. The number of hydrogen-bond donors (Lipinski definition) is 1. The van der Waals surface area contributed by atoms with E-state index in [0.717, 1.165) is 10.2 Å². The molecule has 1 saturated heterocycles. The average Bonchev–Trinajstić information content (AvgIpc) is 3.01. The fourth-order valence-corrected chi connectivity index (χ4v) is 3.54. The van der Waals surface area contributed by atoms with Crippen molar-refractivity contribution in [2.24, 2.45) is 5.73 Å². The first kappa shape index (κ1) is 18.4. The number of thiophene rings is 1. The Kier molecular flexibility index (Phi) is 4.99. The number of rotatable bonds is 3. The fourth-order valence-electron chi connectivity index (χ4n) is 2.76. The third-order valence-corrected chi connectivity index (χ3v) is 4.75. The second-order valence-electron chi connectivity index (χ2n) is 7.21. The number of ether oxygens (including phenoxy) is 1. The number of hydrogen-bond acceptors (Lipinski definition) is 7. The predicted octanol–water partition coefficient (Wildman–Crippen LogP) is 1.78. The average molecular weight is 377 g/mol. The molecule has 2 N–H and O–H groups in total. The Morgan fingerprint density at radius 1 is 1.23 bits per heavy atom. The number of nitrogens with two attached hydrogens (primary N) is 1. The molecule has 0 aliphatic carbocycles. The zero-order valence-corrected chi connectivity index (χ0v) is 16.0. The largest absolute Gasteiger partial charge is 0.444 e. The standard InChI is InChI=1S/C17H23N5O3S/c1-17(2,3)25-16(24)22-7-5-21(6-8-22)15-19-12(10-13(18)23)11-4-9-26-14(11)20-15/h4,9H,5-8,10H2,1-3H3,(H2,18,23). The lowest BCUT2D eigenvalue weighted by Gasteiger charge is -2.35. The van der Waals surface area contributed by atoms with Crippen LogP contribution in [-0.2, 0) is 16.0 Å². The Morgan fingerprint density at radius 2 is 1.92 bits per heavy atom. The molecule has 2 aromatic heterocycles. The van der Waals surface area contributed by atoms with E-state index in [4.69, 9.17) is 10.5 Å². The zero-order valence-electron chi connectivity index (χ0n) is 15.2. The number of aromatic nitrogens is 2. The van der Waals surface area contributed by atoms with Crippen LogP contribution < -0.4 is 10.6 Å². The second-order valence-corrected chi connectivity index (χ2v) is 8.10. The van der Waals surface area contributed by atoms with Crippen LogP contribution in [0.2, 0.25) is 0 Å². The molecule has 2 aromatic rings. The molecular formula is C17H23N5O3S. The molecule has 0 atom stereocenters. The molecule has 0 saturated carbocycles. The fraction of sp³-hybridized carbons (Fsp3) is 0.529. The van der Waals surface area contributed by atoms with Crippen molar-refractivity contribution in [2.45, 2.75) is 32.8 Å². The molecule has 1 aliphatic rings. The summed E-state index contributed by atoms with van der Waals surface area (Å²) in [7, 11) is 0. The van der Waals surface area contributed by atoms with E-state index in [0.29, 0.717) is 37.8 Å². The Bertz CT molecular complexity index is 821. The predicted molar refractivity (Wildman–Crippen MR) is 100 cm³/mol. The first-order valence-corrected chi connectivity index (χ1v) is 9.36. The molecule has 0 unspecified atom stereocenters. The van der Waals surface area contributed by atoms with Crippen molar-refractivity contribution in [3.05, 3.63) is 17.1 Å². The van der Waals surface area contributed by atoms with Gasteiger partial charge in [-0.1, -0.05) is 0 Å². The van der Waals surface area contributed by atoms with Crippen LogP contribution in [0.3, 0.4) is 0 Å². The van der Waals surface area contributed by atoms with E-state index in [1.54, 1.807) is 4.90 Å². The third-order valence-electron chi connectivity index (χ3n) is 3.95. The summed E-state index contributed by atoms with van der Waals surface area (Å²) in [5.41, 5.74) is 5.48. The lowest BCUT2D eigenvalue weighted by molar-refractivity contribution is -0.117. The van der Waals surface area contributed by atoms with Gasteiger partial charge in [0.05, 0.1) is 12.1 Å². The van der Waals surface area contributed by atoms with E-state index in [2.05, 4.69) is 9.97 Å². The van der Waals surface area contributed by atoms with Gasteiger partial charge in [-0.2, -0.15) is 0 Å². The number of fused-ring (bicyclic) bond motifs is 1. The van der Waals surface area contributed by atoms with E-state index in [1.807, 2.05) is 37.1 Å². The van der Waals surface area contributed by atoms with Crippen molar-refractivity contribution in [2.75, 3.05) is 31.1 Å². The van der Waals surface area contributed by atoms with Crippen LogP contribution in [0.4, 0.5) is 10.7 Å². The summed E-state index contributed by atoms with van der Waals surface area (Å²) < 4.78 is 5.42. The van der Waals surface area contributed by atoms with E-state index >= 15 is 0 Å². The maximum absolute atomic E-state index is 12.2. The molecule has 3 rings (SSSR count).